The zero-order valence-electron chi connectivity index (χ0n) is 11.3. The molecule has 5 nitrogen and oxygen atoms in total. The molecule has 1 saturated heterocycles. The van der Waals surface area contributed by atoms with Crippen LogP contribution in [-0.2, 0) is 16.0 Å². The van der Waals surface area contributed by atoms with Gasteiger partial charge in [0.2, 0.25) is 5.91 Å². The summed E-state index contributed by atoms with van der Waals surface area (Å²) in [6.07, 6.45) is 0.238. The van der Waals surface area contributed by atoms with Crippen LogP contribution in [0.25, 0.3) is 0 Å². The van der Waals surface area contributed by atoms with Gasteiger partial charge in [-0.3, -0.25) is 4.79 Å². The molecule has 2 unspecified atom stereocenters. The Balaban J connectivity index is 0.00000200. The van der Waals surface area contributed by atoms with Crippen LogP contribution in [0.4, 0.5) is 0 Å². The highest BCUT2D eigenvalue weighted by molar-refractivity contribution is 5.85. The lowest BCUT2D eigenvalue weighted by molar-refractivity contribution is -0.141. The van der Waals surface area contributed by atoms with Crippen molar-refractivity contribution in [3.8, 4) is 0 Å². The molecule has 2 rings (SSSR count). The summed E-state index contributed by atoms with van der Waals surface area (Å²) in [5.41, 5.74) is 7.02. The monoisotopic (exact) mass is 300 g/mol. The van der Waals surface area contributed by atoms with Crippen molar-refractivity contribution in [3.63, 3.8) is 0 Å². The van der Waals surface area contributed by atoms with Crippen molar-refractivity contribution in [2.45, 2.75) is 18.6 Å². The first kappa shape index (κ1) is 16.9. The first-order chi connectivity index (χ1) is 9.20. The Kier molecular flexibility index (Phi) is 6.95. The van der Waals surface area contributed by atoms with Gasteiger partial charge >= 0.3 is 0 Å². The minimum Gasteiger partial charge on any atom is -0.394 e. The van der Waals surface area contributed by atoms with Crippen LogP contribution >= 0.6 is 12.4 Å². The lowest BCUT2D eigenvalue weighted by Gasteiger charge is -2.33. The molecule has 1 amide bonds. The first-order valence-electron chi connectivity index (χ1n) is 6.51. The summed E-state index contributed by atoms with van der Waals surface area (Å²) in [6, 6.07) is 9.18. The maximum Gasteiger partial charge on any atom is 0.239 e. The number of carbonyl (C=O) groups excluding carboxylic acids is 1. The number of benzene rings is 1. The van der Waals surface area contributed by atoms with Crippen LogP contribution in [0.1, 0.15) is 5.56 Å². The number of rotatable bonds is 4. The van der Waals surface area contributed by atoms with E-state index in [1.165, 1.54) is 0 Å². The average molecular weight is 301 g/mol. The summed E-state index contributed by atoms with van der Waals surface area (Å²) in [7, 11) is 0. The quantitative estimate of drug-likeness (QED) is 0.833. The molecule has 1 aliphatic heterocycles. The van der Waals surface area contributed by atoms with Crippen LogP contribution < -0.4 is 5.73 Å². The minimum atomic E-state index is -0.542. The second-order valence-electron chi connectivity index (χ2n) is 4.76. The molecule has 112 valence electrons. The van der Waals surface area contributed by atoms with Crippen molar-refractivity contribution in [2.24, 2.45) is 5.73 Å². The van der Waals surface area contributed by atoms with Crippen molar-refractivity contribution in [1.82, 2.24) is 4.90 Å². The fourth-order valence-electron chi connectivity index (χ4n) is 2.22. The van der Waals surface area contributed by atoms with Gasteiger partial charge in [0.15, 0.2) is 0 Å². The van der Waals surface area contributed by atoms with E-state index in [9.17, 15) is 4.79 Å². The van der Waals surface area contributed by atoms with Gasteiger partial charge in [-0.25, -0.2) is 0 Å². The van der Waals surface area contributed by atoms with Crippen LogP contribution in [0.3, 0.4) is 0 Å². The third kappa shape index (κ3) is 4.45. The predicted molar refractivity (Wildman–Crippen MR) is 78.8 cm³/mol. The number of aliphatic hydroxyl groups is 1. The highest BCUT2D eigenvalue weighted by Gasteiger charge is 2.27. The van der Waals surface area contributed by atoms with E-state index in [0.717, 1.165) is 5.56 Å². The van der Waals surface area contributed by atoms with Gasteiger partial charge in [-0.05, 0) is 12.0 Å². The van der Waals surface area contributed by atoms with E-state index in [-0.39, 0.29) is 31.0 Å². The number of nitrogens with zero attached hydrogens (tertiary/aromatic N) is 1. The molecule has 6 heteroatoms. The Morgan fingerprint density at radius 1 is 1.45 bits per heavy atom. The lowest BCUT2D eigenvalue weighted by Crippen LogP contribution is -2.52. The fourth-order valence-corrected chi connectivity index (χ4v) is 2.22. The van der Waals surface area contributed by atoms with E-state index in [1.54, 1.807) is 4.90 Å². The highest BCUT2D eigenvalue weighted by atomic mass is 35.5. The number of hydrogen-bond acceptors (Lipinski definition) is 4. The van der Waals surface area contributed by atoms with E-state index in [2.05, 4.69) is 0 Å². The summed E-state index contributed by atoms with van der Waals surface area (Å²) in [4.78, 5) is 13.9. The molecule has 0 aliphatic carbocycles. The Labute approximate surface area is 125 Å². The second-order valence-corrected chi connectivity index (χ2v) is 4.76. The molecule has 1 fully saturated rings. The Morgan fingerprint density at radius 2 is 2.15 bits per heavy atom. The van der Waals surface area contributed by atoms with Crippen molar-refractivity contribution < 1.29 is 14.6 Å². The minimum absolute atomic E-state index is 0. The number of halogens is 1. The normalized spacial score (nSPS) is 20.1. The molecule has 1 aromatic carbocycles. The average Bonchev–Trinajstić information content (AvgIpc) is 2.47. The Morgan fingerprint density at radius 3 is 2.80 bits per heavy atom. The summed E-state index contributed by atoms with van der Waals surface area (Å²) < 4.78 is 5.32. The van der Waals surface area contributed by atoms with Gasteiger partial charge in [-0.1, -0.05) is 30.3 Å². The lowest BCUT2D eigenvalue weighted by atomic mass is 10.1. The second kappa shape index (κ2) is 8.21. The van der Waals surface area contributed by atoms with Crippen molar-refractivity contribution in [3.05, 3.63) is 35.9 Å². The molecule has 1 aromatic rings. The summed E-state index contributed by atoms with van der Waals surface area (Å²) >= 11 is 0. The number of amides is 1. The van der Waals surface area contributed by atoms with Crippen LogP contribution in [0.15, 0.2) is 30.3 Å². The van der Waals surface area contributed by atoms with Crippen LogP contribution in [0.5, 0.6) is 0 Å². The number of morpholine rings is 1. The van der Waals surface area contributed by atoms with Crippen molar-refractivity contribution in [1.29, 1.82) is 0 Å². The first-order valence-corrected chi connectivity index (χ1v) is 6.51. The number of nitrogens with two attached hydrogens (primary N) is 1. The van der Waals surface area contributed by atoms with Crippen LogP contribution in [-0.4, -0.2) is 54.4 Å². The fraction of sp³-hybridized carbons (Fsp3) is 0.500. The van der Waals surface area contributed by atoms with E-state index >= 15 is 0 Å². The molecular weight excluding hydrogens is 280 g/mol. The number of hydrogen-bond donors (Lipinski definition) is 2. The number of aliphatic hydroxyl groups excluding tert-OH is 1. The van der Waals surface area contributed by atoms with Crippen LogP contribution in [0.2, 0.25) is 0 Å². The molecular formula is C14H21ClN2O3. The summed E-state index contributed by atoms with van der Waals surface area (Å²) in [5, 5.41) is 9.07. The highest BCUT2D eigenvalue weighted by Crippen LogP contribution is 2.09. The van der Waals surface area contributed by atoms with Gasteiger partial charge in [0.05, 0.1) is 25.4 Å². The molecule has 0 radical (unpaired) electrons. The Bertz CT molecular complexity index is 416. The third-order valence-corrected chi connectivity index (χ3v) is 3.27. The zero-order valence-corrected chi connectivity index (χ0v) is 12.1. The van der Waals surface area contributed by atoms with Gasteiger partial charge < -0.3 is 20.5 Å². The van der Waals surface area contributed by atoms with Gasteiger partial charge in [-0.2, -0.15) is 0 Å². The zero-order chi connectivity index (χ0) is 13.7. The molecule has 0 aromatic heterocycles. The molecule has 1 heterocycles. The molecule has 2 atom stereocenters. The molecule has 0 spiro atoms. The number of carbonyl (C=O) groups is 1. The van der Waals surface area contributed by atoms with Gasteiger partial charge in [-0.15, -0.1) is 12.4 Å². The van der Waals surface area contributed by atoms with Gasteiger partial charge in [0.1, 0.15) is 0 Å². The summed E-state index contributed by atoms with van der Waals surface area (Å²) in [6.45, 7) is 1.34. The molecule has 0 saturated carbocycles. The molecule has 0 bridgehead atoms. The Hall–Kier alpha value is -1.14. The van der Waals surface area contributed by atoms with Gasteiger partial charge in [0, 0.05) is 13.1 Å². The third-order valence-electron chi connectivity index (χ3n) is 3.27. The van der Waals surface area contributed by atoms with E-state index in [1.807, 2.05) is 30.3 Å². The maximum atomic E-state index is 12.2. The largest absolute Gasteiger partial charge is 0.394 e. The van der Waals surface area contributed by atoms with E-state index in [0.29, 0.717) is 26.1 Å². The van der Waals surface area contributed by atoms with Crippen molar-refractivity contribution in [2.75, 3.05) is 26.3 Å². The standard InChI is InChI=1S/C14H20N2O3.ClH/c15-13(8-11-4-2-1-3-5-11)14(18)16-6-7-19-12(9-16)10-17;/h1-5,12-13,17H,6-10,15H2;1H. The van der Waals surface area contributed by atoms with E-state index in [4.69, 9.17) is 15.6 Å². The van der Waals surface area contributed by atoms with Gasteiger partial charge in [0.25, 0.3) is 0 Å². The van der Waals surface area contributed by atoms with Crippen molar-refractivity contribution >= 4 is 18.3 Å². The van der Waals surface area contributed by atoms with Crippen LogP contribution in [0, 0.1) is 0 Å². The number of ether oxygens (including phenoxy) is 1. The molecule has 3 N–H and O–H groups in total. The predicted octanol–water partition coefficient (Wildman–Crippen LogP) is 0.198. The maximum absolute atomic E-state index is 12.2. The topological polar surface area (TPSA) is 75.8 Å². The molecule has 20 heavy (non-hydrogen) atoms. The summed E-state index contributed by atoms with van der Waals surface area (Å²) in [5.74, 6) is -0.0781. The van der Waals surface area contributed by atoms with E-state index < -0.39 is 6.04 Å². The molecule has 1 aliphatic rings. The SMILES string of the molecule is Cl.NC(Cc1ccccc1)C(=O)N1CCOC(CO)C1. The smallest absolute Gasteiger partial charge is 0.239 e.